The molecule has 4 aliphatic rings. The van der Waals surface area contributed by atoms with E-state index in [2.05, 4.69) is 20.3 Å². The number of nitrogens with one attached hydrogen (secondary N) is 3. The number of nitrogens with zero attached hydrogens (tertiary/aromatic N) is 2. The van der Waals surface area contributed by atoms with Gasteiger partial charge in [-0.2, -0.15) is 4.98 Å². The lowest BCUT2D eigenvalue weighted by Gasteiger charge is -2.32. The van der Waals surface area contributed by atoms with Crippen molar-refractivity contribution >= 4 is 44.6 Å². The third kappa shape index (κ3) is 7.49. The topological polar surface area (TPSA) is 193 Å². The Kier molecular flexibility index (Phi) is 9.96. The number of hydrogen-bond donors (Lipinski definition) is 4. The molecule has 2 saturated carbocycles. The molecule has 0 spiro atoms. The van der Waals surface area contributed by atoms with Crippen molar-refractivity contribution in [3.8, 4) is 11.8 Å². The van der Waals surface area contributed by atoms with E-state index in [0.717, 1.165) is 11.8 Å². The zero-order valence-corrected chi connectivity index (χ0v) is 30.2. The van der Waals surface area contributed by atoms with E-state index >= 15 is 0 Å². The van der Waals surface area contributed by atoms with E-state index < -0.39 is 74.1 Å². The third-order valence-electron chi connectivity index (χ3n) is 10.8. The highest BCUT2D eigenvalue weighted by atomic mass is 32.2. The second-order valence-corrected chi connectivity index (χ2v) is 17.0. The molecule has 4 N–H and O–H groups in total. The molecule has 1 aromatic heterocycles. The molecule has 1 saturated heterocycles. The summed E-state index contributed by atoms with van der Waals surface area (Å²) >= 11 is 0. The highest BCUT2D eigenvalue weighted by Gasteiger charge is 2.63. The molecule has 15 heteroatoms. The number of rotatable bonds is 8. The van der Waals surface area contributed by atoms with E-state index in [1.54, 1.807) is 13.0 Å². The molecule has 2 aliphatic carbocycles. The van der Waals surface area contributed by atoms with E-state index in [1.807, 2.05) is 57.2 Å². The molecule has 1 aromatic carbocycles. The highest BCUT2D eigenvalue weighted by Crippen LogP contribution is 2.47. The zero-order valence-electron chi connectivity index (χ0n) is 29.4. The number of amides is 4. The van der Waals surface area contributed by atoms with Crippen molar-refractivity contribution in [2.45, 2.75) is 101 Å². The molecule has 276 valence electrons. The monoisotopic (exact) mass is 725 g/mol. The Hall–Kier alpha value is -4.40. The van der Waals surface area contributed by atoms with E-state index in [1.165, 1.54) is 4.90 Å². The van der Waals surface area contributed by atoms with Crippen LogP contribution in [0.2, 0.25) is 0 Å². The van der Waals surface area contributed by atoms with Gasteiger partial charge in [0.15, 0.2) is 0 Å². The van der Waals surface area contributed by atoms with Gasteiger partial charge >= 0.3 is 6.09 Å². The smallest absolute Gasteiger partial charge is 0.405 e. The molecule has 0 radical (unpaired) electrons. The van der Waals surface area contributed by atoms with Crippen LogP contribution in [0.1, 0.15) is 72.6 Å². The van der Waals surface area contributed by atoms with Gasteiger partial charge in [-0.25, -0.2) is 13.2 Å². The second kappa shape index (κ2) is 14.0. The lowest BCUT2D eigenvalue weighted by Crippen LogP contribution is -2.59. The number of aromatic nitrogens is 1. The zero-order chi connectivity index (χ0) is 36.7. The van der Waals surface area contributed by atoms with Crippen molar-refractivity contribution in [2.24, 2.45) is 17.8 Å². The van der Waals surface area contributed by atoms with Gasteiger partial charge in [-0.1, -0.05) is 44.2 Å². The maximum Gasteiger partial charge on any atom is 0.405 e. The molecule has 0 bridgehead atoms. The average Bonchev–Trinajstić information content (AvgIpc) is 3.95. The fraction of sp³-hybridized carbons (Fsp3) is 0.583. The van der Waals surface area contributed by atoms with Gasteiger partial charge in [0.1, 0.15) is 23.7 Å². The molecule has 4 amide bonds. The van der Waals surface area contributed by atoms with Crippen LogP contribution in [-0.4, -0.2) is 88.8 Å². The number of pyridine rings is 1. The Labute approximate surface area is 297 Å². The molecule has 6 rings (SSSR count). The number of carbonyl (C=O) groups excluding carboxylic acids is 3. The molecular formula is C36H47N5O9S. The van der Waals surface area contributed by atoms with E-state index in [9.17, 15) is 32.7 Å². The van der Waals surface area contributed by atoms with Crippen molar-refractivity contribution in [3.63, 3.8) is 0 Å². The lowest BCUT2D eigenvalue weighted by molar-refractivity contribution is -0.142. The minimum absolute atomic E-state index is 0.00555. The van der Waals surface area contributed by atoms with Crippen LogP contribution >= 0.6 is 0 Å². The first-order valence-corrected chi connectivity index (χ1v) is 19.2. The molecule has 7 atom stereocenters. The first-order valence-electron chi connectivity index (χ1n) is 17.7. The minimum atomic E-state index is -4.00. The van der Waals surface area contributed by atoms with Gasteiger partial charge in [-0.15, -0.1) is 0 Å². The van der Waals surface area contributed by atoms with Crippen molar-refractivity contribution < 1.29 is 42.2 Å². The quantitative estimate of drug-likeness (QED) is 0.293. The van der Waals surface area contributed by atoms with Gasteiger partial charge in [0.2, 0.25) is 33.6 Å². The predicted octanol–water partition coefficient (Wildman–Crippen LogP) is 3.50. The number of ether oxygens (including phenoxy) is 2. The summed E-state index contributed by atoms with van der Waals surface area (Å²) in [5.74, 6) is -2.22. The summed E-state index contributed by atoms with van der Waals surface area (Å²) in [5, 5.41) is 16.5. The summed E-state index contributed by atoms with van der Waals surface area (Å²) in [6.07, 6.45) is 4.65. The predicted molar refractivity (Wildman–Crippen MR) is 187 cm³/mol. The van der Waals surface area contributed by atoms with Crippen molar-refractivity contribution in [3.05, 3.63) is 42.5 Å². The van der Waals surface area contributed by atoms with E-state index in [0.29, 0.717) is 43.6 Å². The number of hydrogen-bond acceptors (Lipinski definition) is 9. The van der Waals surface area contributed by atoms with Gasteiger partial charge in [0.05, 0.1) is 17.9 Å². The molecule has 2 aliphatic heterocycles. The maximum absolute atomic E-state index is 14.4. The Morgan fingerprint density at radius 3 is 2.61 bits per heavy atom. The SMILES string of the molecule is CCOc1cc2ccccc2c(O[C@@H]2C[C@H]3C(=O)N[C@]4(C(=O)NS(=O)(=O)C5(C)CC5)C[C@H]4C=CCC[C@H](C)C[C@@H](C)[C@H](NC(=O)O)C(=O)N3C2)n1. The number of sulfonamides is 1. The van der Waals surface area contributed by atoms with Crippen LogP contribution in [0.25, 0.3) is 10.8 Å². The fourth-order valence-corrected chi connectivity index (χ4v) is 8.65. The molecule has 2 aromatic rings. The van der Waals surface area contributed by atoms with Gasteiger partial charge < -0.3 is 30.1 Å². The largest absolute Gasteiger partial charge is 0.478 e. The molecular weight excluding hydrogens is 678 g/mol. The summed E-state index contributed by atoms with van der Waals surface area (Å²) in [7, 11) is -4.00. The molecule has 14 nitrogen and oxygen atoms in total. The van der Waals surface area contributed by atoms with E-state index in [-0.39, 0.29) is 31.2 Å². The van der Waals surface area contributed by atoms with Crippen LogP contribution in [0.4, 0.5) is 4.79 Å². The van der Waals surface area contributed by atoms with Gasteiger partial charge in [-0.05, 0) is 75.7 Å². The Morgan fingerprint density at radius 1 is 1.16 bits per heavy atom. The van der Waals surface area contributed by atoms with Crippen LogP contribution in [0.5, 0.6) is 11.8 Å². The first-order chi connectivity index (χ1) is 24.2. The number of carbonyl (C=O) groups is 4. The number of benzene rings is 1. The van der Waals surface area contributed by atoms with Crippen LogP contribution in [-0.2, 0) is 24.4 Å². The molecule has 51 heavy (non-hydrogen) atoms. The Balaban J connectivity index is 1.35. The number of allylic oxidation sites excluding steroid dienone is 1. The van der Waals surface area contributed by atoms with Gasteiger partial charge in [-0.3, -0.25) is 19.1 Å². The van der Waals surface area contributed by atoms with Gasteiger partial charge in [0.25, 0.3) is 5.91 Å². The van der Waals surface area contributed by atoms with Gasteiger partial charge in [0, 0.05) is 23.8 Å². The minimum Gasteiger partial charge on any atom is -0.478 e. The normalized spacial score (nSPS) is 30.5. The van der Waals surface area contributed by atoms with Crippen molar-refractivity contribution in [1.82, 2.24) is 25.2 Å². The second-order valence-electron chi connectivity index (χ2n) is 14.8. The van der Waals surface area contributed by atoms with Crippen LogP contribution in [0.15, 0.2) is 42.5 Å². The third-order valence-corrected chi connectivity index (χ3v) is 12.9. The van der Waals surface area contributed by atoms with Crippen molar-refractivity contribution in [1.29, 1.82) is 0 Å². The lowest BCUT2D eigenvalue weighted by atomic mass is 9.88. The van der Waals surface area contributed by atoms with Crippen molar-refractivity contribution in [2.75, 3.05) is 13.2 Å². The molecule has 0 unspecified atom stereocenters. The van der Waals surface area contributed by atoms with Crippen LogP contribution < -0.4 is 24.8 Å². The first kappa shape index (κ1) is 36.4. The Bertz CT molecular complexity index is 1850. The average molecular weight is 726 g/mol. The fourth-order valence-electron chi connectivity index (χ4n) is 7.34. The van der Waals surface area contributed by atoms with Crippen LogP contribution in [0.3, 0.4) is 0 Å². The summed E-state index contributed by atoms with van der Waals surface area (Å²) in [4.78, 5) is 60.4. The highest BCUT2D eigenvalue weighted by molar-refractivity contribution is 7.91. The van der Waals surface area contributed by atoms with Crippen LogP contribution in [0, 0.1) is 17.8 Å². The summed E-state index contributed by atoms with van der Waals surface area (Å²) < 4.78 is 39.5. The molecule has 3 fully saturated rings. The summed E-state index contributed by atoms with van der Waals surface area (Å²) in [5.41, 5.74) is -1.54. The molecule has 3 heterocycles. The summed E-state index contributed by atoms with van der Waals surface area (Å²) in [6.45, 7) is 7.56. The van der Waals surface area contributed by atoms with E-state index in [4.69, 9.17) is 9.47 Å². The summed E-state index contributed by atoms with van der Waals surface area (Å²) in [6, 6.07) is 6.92. The number of fused-ring (bicyclic) bond motifs is 3. The standard InChI is InChI=1S/C36H47N5O9S/c1-5-49-28-17-23-11-7-9-13-26(23)31(37-28)50-25-18-27-30(42)39-36(33(44)40-51(47,48)35(4)14-15-35)19-24(36)12-8-6-10-21(2)16-22(3)29(38-34(45)46)32(43)41(27)20-25/h7-9,11-13,17,21-22,24-25,27,29,38H,5-6,10,14-16,18-20H2,1-4H3,(H,39,42)(H,40,44)(H,45,46)/t21-,22+,24+,25+,27-,29-,36+/m0/s1. The maximum atomic E-state index is 14.4. The Morgan fingerprint density at radius 2 is 1.90 bits per heavy atom. The number of carboxylic acid groups (broad SMARTS) is 1.